The van der Waals surface area contributed by atoms with E-state index in [2.05, 4.69) is 86.2 Å². The molecule has 34 heavy (non-hydrogen) atoms. The Hall–Kier alpha value is -3.39. The van der Waals surface area contributed by atoms with Crippen molar-refractivity contribution in [2.24, 2.45) is 4.99 Å². The Bertz CT molecular complexity index is 1300. The molecule has 2 N–H and O–H groups in total. The lowest BCUT2D eigenvalue weighted by molar-refractivity contribution is 0.780. The largest absolute Gasteiger partial charge is 0.399 e. The third-order valence-electron chi connectivity index (χ3n) is 7.32. The Kier molecular flexibility index (Phi) is 6.24. The number of hydrogen-bond donors (Lipinski definition) is 1. The molecule has 6 bridgehead atoms. The minimum absolute atomic E-state index is 0.241. The number of benzene rings is 2. The van der Waals surface area contributed by atoms with Crippen molar-refractivity contribution in [2.45, 2.75) is 58.3 Å². The summed E-state index contributed by atoms with van der Waals surface area (Å²) in [6, 6.07) is 15.8. The number of allylic oxidation sites excluding steroid dienone is 8. The fourth-order valence-corrected chi connectivity index (χ4v) is 5.56. The van der Waals surface area contributed by atoms with Crippen LogP contribution in [-0.4, -0.2) is 6.21 Å². The SMILES string of the molecule is C=C(C)/C=C1\C2=C(C)CCC(=C2)C(C2=CN=CC2)c2ccc(N)c(c2)CCCc2cccc1c2. The summed E-state index contributed by atoms with van der Waals surface area (Å²) in [5.74, 6) is 0.241. The third kappa shape index (κ3) is 4.50. The van der Waals surface area contributed by atoms with Gasteiger partial charge in [0, 0.05) is 30.4 Å². The zero-order valence-electron chi connectivity index (χ0n) is 20.4. The van der Waals surface area contributed by atoms with Gasteiger partial charge >= 0.3 is 0 Å². The van der Waals surface area contributed by atoms with Gasteiger partial charge in [-0.3, -0.25) is 4.99 Å². The van der Waals surface area contributed by atoms with Gasteiger partial charge in [0.05, 0.1) is 0 Å². The molecule has 2 heteroatoms. The van der Waals surface area contributed by atoms with Crippen molar-refractivity contribution in [3.63, 3.8) is 0 Å². The number of anilines is 1. The number of nitrogens with zero attached hydrogens (tertiary/aromatic N) is 1. The highest BCUT2D eigenvalue weighted by Crippen LogP contribution is 2.44. The number of hydrogen-bond acceptors (Lipinski definition) is 2. The summed E-state index contributed by atoms with van der Waals surface area (Å²) < 4.78 is 0. The van der Waals surface area contributed by atoms with Crippen LogP contribution >= 0.6 is 0 Å². The topological polar surface area (TPSA) is 38.4 Å². The van der Waals surface area contributed by atoms with Crippen LogP contribution < -0.4 is 5.73 Å². The molecule has 3 aliphatic rings. The lowest BCUT2D eigenvalue weighted by Crippen LogP contribution is -2.12. The average Bonchev–Trinajstić information content (AvgIpc) is 3.35. The number of aryl methyl sites for hydroxylation is 2. The molecule has 1 atom stereocenters. The summed E-state index contributed by atoms with van der Waals surface area (Å²) in [4.78, 5) is 4.47. The standard InChI is InChI=1S/C32H34N2/c1-21(2)16-30-24-8-4-6-23(17-24)7-5-9-25-18-26(12-13-31(25)33)32(28-14-15-34-20-28)27-11-10-22(3)29(30)19-27/h4,6,8,12-13,15-20,32H,1,5,7,9-11,14,33H2,2-3H3/b30-16-. The first kappa shape index (κ1) is 22.4. The van der Waals surface area contributed by atoms with Gasteiger partial charge in [-0.15, -0.1) is 0 Å². The smallest absolute Gasteiger partial charge is 0.0346 e. The molecule has 1 aliphatic heterocycles. The zero-order chi connectivity index (χ0) is 23.7. The fraction of sp³-hybridized carbons (Fsp3) is 0.281. The molecule has 0 saturated carbocycles. The lowest BCUT2D eigenvalue weighted by Gasteiger charge is -2.28. The highest BCUT2D eigenvalue weighted by atomic mass is 14.7. The summed E-state index contributed by atoms with van der Waals surface area (Å²) in [5, 5.41) is 0. The van der Waals surface area contributed by atoms with Gasteiger partial charge in [-0.25, -0.2) is 0 Å². The van der Waals surface area contributed by atoms with Gasteiger partial charge in [-0.1, -0.05) is 71.8 Å². The van der Waals surface area contributed by atoms with Crippen LogP contribution in [0.25, 0.3) is 5.57 Å². The maximum absolute atomic E-state index is 6.44. The maximum Gasteiger partial charge on any atom is 0.0346 e. The molecule has 0 aromatic heterocycles. The molecule has 2 aromatic rings. The van der Waals surface area contributed by atoms with Crippen molar-refractivity contribution in [2.75, 3.05) is 5.73 Å². The molecule has 2 aromatic carbocycles. The van der Waals surface area contributed by atoms with Crippen LogP contribution in [0, 0.1) is 0 Å². The van der Waals surface area contributed by atoms with E-state index in [4.69, 9.17) is 5.73 Å². The minimum atomic E-state index is 0.241. The van der Waals surface area contributed by atoms with Gasteiger partial charge in [0.2, 0.25) is 0 Å². The molecule has 172 valence electrons. The highest BCUT2D eigenvalue weighted by Gasteiger charge is 2.26. The molecule has 5 rings (SSSR count). The molecular formula is C32H34N2. The van der Waals surface area contributed by atoms with Gasteiger partial charge < -0.3 is 5.73 Å². The number of rotatable bonds is 2. The quantitative estimate of drug-likeness (QED) is 0.468. The first-order valence-electron chi connectivity index (χ1n) is 12.5. The van der Waals surface area contributed by atoms with Crippen LogP contribution in [0.3, 0.4) is 0 Å². The molecule has 0 amide bonds. The van der Waals surface area contributed by atoms with E-state index in [1.54, 1.807) is 0 Å². The average molecular weight is 447 g/mol. The van der Waals surface area contributed by atoms with E-state index < -0.39 is 0 Å². The summed E-state index contributed by atoms with van der Waals surface area (Å²) in [6.07, 6.45) is 15.0. The van der Waals surface area contributed by atoms with E-state index in [0.29, 0.717) is 0 Å². The zero-order valence-corrected chi connectivity index (χ0v) is 20.4. The number of nitrogens with two attached hydrogens (primary N) is 1. The molecule has 0 radical (unpaired) electrons. The predicted molar refractivity (Wildman–Crippen MR) is 146 cm³/mol. The maximum atomic E-state index is 6.44. The number of aliphatic imine (C=N–C) groups is 1. The second-order valence-electron chi connectivity index (χ2n) is 10.0. The van der Waals surface area contributed by atoms with E-state index in [9.17, 15) is 0 Å². The van der Waals surface area contributed by atoms with Crippen molar-refractivity contribution in [1.29, 1.82) is 0 Å². The highest BCUT2D eigenvalue weighted by molar-refractivity contribution is 5.85. The van der Waals surface area contributed by atoms with Crippen molar-refractivity contribution >= 4 is 17.5 Å². The summed E-state index contributed by atoms with van der Waals surface area (Å²) in [6.45, 7) is 8.60. The Labute approximate surface area is 204 Å². The summed E-state index contributed by atoms with van der Waals surface area (Å²) in [5.41, 5.74) is 20.6. The molecule has 2 aliphatic carbocycles. The van der Waals surface area contributed by atoms with E-state index in [1.165, 1.54) is 50.1 Å². The van der Waals surface area contributed by atoms with Crippen molar-refractivity contribution in [3.8, 4) is 0 Å². The Balaban J connectivity index is 1.73. The van der Waals surface area contributed by atoms with Crippen molar-refractivity contribution in [3.05, 3.63) is 118 Å². The van der Waals surface area contributed by atoms with Crippen molar-refractivity contribution in [1.82, 2.24) is 0 Å². The fourth-order valence-electron chi connectivity index (χ4n) is 5.56. The Morgan fingerprint density at radius 1 is 1.06 bits per heavy atom. The van der Waals surface area contributed by atoms with Crippen molar-refractivity contribution < 1.29 is 0 Å². The molecule has 2 nitrogen and oxygen atoms in total. The monoisotopic (exact) mass is 446 g/mol. The molecule has 1 heterocycles. The van der Waals surface area contributed by atoms with Crippen LogP contribution in [-0.2, 0) is 12.8 Å². The first-order valence-corrected chi connectivity index (χ1v) is 12.5. The van der Waals surface area contributed by atoms with Gasteiger partial charge in [0.1, 0.15) is 0 Å². The molecule has 0 spiro atoms. The number of fused-ring (bicyclic) bond motifs is 5. The van der Waals surface area contributed by atoms with E-state index in [1.807, 2.05) is 6.21 Å². The predicted octanol–water partition coefficient (Wildman–Crippen LogP) is 7.90. The first-order chi connectivity index (χ1) is 16.5. The van der Waals surface area contributed by atoms with Crippen LogP contribution in [0.2, 0.25) is 0 Å². The molecule has 0 saturated heterocycles. The van der Waals surface area contributed by atoms with E-state index >= 15 is 0 Å². The summed E-state index contributed by atoms with van der Waals surface area (Å²) in [7, 11) is 0. The lowest BCUT2D eigenvalue weighted by atomic mass is 9.76. The second-order valence-corrected chi connectivity index (χ2v) is 10.0. The van der Waals surface area contributed by atoms with Gasteiger partial charge in [0.15, 0.2) is 0 Å². The summed E-state index contributed by atoms with van der Waals surface area (Å²) >= 11 is 0. The minimum Gasteiger partial charge on any atom is -0.399 e. The van der Waals surface area contributed by atoms with Crippen LogP contribution in [0.4, 0.5) is 5.69 Å². The van der Waals surface area contributed by atoms with Gasteiger partial charge in [-0.05, 0) is 91.0 Å². The second kappa shape index (κ2) is 9.46. The van der Waals surface area contributed by atoms with Crippen LogP contribution in [0.1, 0.15) is 67.7 Å². The van der Waals surface area contributed by atoms with E-state index in [0.717, 1.165) is 49.8 Å². The molecule has 1 unspecified atom stereocenters. The molecular weight excluding hydrogens is 412 g/mol. The normalized spacial score (nSPS) is 21.2. The molecule has 0 fully saturated rings. The van der Waals surface area contributed by atoms with E-state index in [-0.39, 0.29) is 5.92 Å². The van der Waals surface area contributed by atoms with Gasteiger partial charge in [-0.2, -0.15) is 0 Å². The van der Waals surface area contributed by atoms with Crippen LogP contribution in [0.5, 0.6) is 0 Å². The third-order valence-corrected chi connectivity index (χ3v) is 7.32. The number of nitrogen functional groups attached to an aromatic ring is 1. The van der Waals surface area contributed by atoms with Crippen LogP contribution in [0.15, 0.2) is 100 Å². The Morgan fingerprint density at radius 3 is 2.74 bits per heavy atom. The van der Waals surface area contributed by atoms with Gasteiger partial charge in [0.25, 0.3) is 0 Å². The Morgan fingerprint density at radius 2 is 1.94 bits per heavy atom.